The van der Waals surface area contributed by atoms with Crippen LogP contribution in [0.2, 0.25) is 5.15 Å². The molecular weight excluding hydrogens is 357 g/mol. The van der Waals surface area contributed by atoms with Gasteiger partial charge in [0.1, 0.15) is 29.0 Å². The van der Waals surface area contributed by atoms with Gasteiger partial charge < -0.3 is 4.74 Å². The van der Waals surface area contributed by atoms with E-state index in [0.29, 0.717) is 22.3 Å². The Balaban J connectivity index is 1.90. The SMILES string of the molecule is Cc1cnc(COc2cc(C)n(-c3cc(Cl)ncc3C)c(=O)c2)c(F)c1. The van der Waals surface area contributed by atoms with Crippen molar-refractivity contribution in [3.05, 3.63) is 80.5 Å². The van der Waals surface area contributed by atoms with Crippen molar-refractivity contribution >= 4 is 11.6 Å². The zero-order valence-electron chi connectivity index (χ0n) is 14.6. The molecule has 0 aromatic carbocycles. The van der Waals surface area contributed by atoms with E-state index in [1.807, 2.05) is 6.92 Å². The van der Waals surface area contributed by atoms with Crippen molar-refractivity contribution in [2.24, 2.45) is 0 Å². The summed E-state index contributed by atoms with van der Waals surface area (Å²) in [6.07, 6.45) is 3.18. The second-order valence-electron chi connectivity index (χ2n) is 6.03. The zero-order valence-corrected chi connectivity index (χ0v) is 15.3. The lowest BCUT2D eigenvalue weighted by Gasteiger charge is -2.14. The molecule has 0 atom stereocenters. The molecule has 0 saturated heterocycles. The first-order chi connectivity index (χ1) is 12.3. The number of ether oxygens (including phenoxy) is 1. The third-order valence-electron chi connectivity index (χ3n) is 3.90. The minimum absolute atomic E-state index is 0.0604. The molecule has 0 saturated carbocycles. The third-order valence-corrected chi connectivity index (χ3v) is 4.11. The summed E-state index contributed by atoms with van der Waals surface area (Å²) in [6.45, 7) is 5.33. The predicted molar refractivity (Wildman–Crippen MR) is 97.6 cm³/mol. The first kappa shape index (κ1) is 18.1. The van der Waals surface area contributed by atoms with Crippen molar-refractivity contribution in [1.82, 2.24) is 14.5 Å². The summed E-state index contributed by atoms with van der Waals surface area (Å²) in [5, 5.41) is 0.304. The van der Waals surface area contributed by atoms with Crippen LogP contribution in [0, 0.1) is 26.6 Å². The van der Waals surface area contributed by atoms with Crippen LogP contribution in [0.5, 0.6) is 5.75 Å². The first-order valence-electron chi connectivity index (χ1n) is 7.95. The van der Waals surface area contributed by atoms with Gasteiger partial charge in [-0.1, -0.05) is 11.6 Å². The summed E-state index contributed by atoms with van der Waals surface area (Å²) in [5.74, 6) is -0.0829. The fourth-order valence-corrected chi connectivity index (χ4v) is 2.77. The molecule has 0 bridgehead atoms. The lowest BCUT2D eigenvalue weighted by molar-refractivity contribution is 0.293. The van der Waals surface area contributed by atoms with Gasteiger partial charge in [-0.2, -0.15) is 0 Å². The Morgan fingerprint density at radius 3 is 2.58 bits per heavy atom. The lowest BCUT2D eigenvalue weighted by Crippen LogP contribution is -2.21. The Morgan fingerprint density at radius 2 is 1.88 bits per heavy atom. The van der Waals surface area contributed by atoms with E-state index in [1.54, 1.807) is 38.4 Å². The number of hydrogen-bond acceptors (Lipinski definition) is 4. The molecular formula is C19H17ClFN3O2. The van der Waals surface area contributed by atoms with Gasteiger partial charge in [0.15, 0.2) is 0 Å². The highest BCUT2D eigenvalue weighted by molar-refractivity contribution is 6.29. The van der Waals surface area contributed by atoms with Crippen LogP contribution in [0.3, 0.4) is 0 Å². The van der Waals surface area contributed by atoms with Crippen molar-refractivity contribution in [2.75, 3.05) is 0 Å². The van der Waals surface area contributed by atoms with Crippen LogP contribution in [0.1, 0.15) is 22.5 Å². The van der Waals surface area contributed by atoms with E-state index < -0.39 is 5.82 Å². The highest BCUT2D eigenvalue weighted by Crippen LogP contribution is 2.20. The van der Waals surface area contributed by atoms with Crippen molar-refractivity contribution in [3.8, 4) is 11.4 Å². The largest absolute Gasteiger partial charge is 0.487 e. The van der Waals surface area contributed by atoms with Gasteiger partial charge in [-0.05, 0) is 44.0 Å². The summed E-state index contributed by atoms with van der Waals surface area (Å²) in [6, 6.07) is 6.09. The smallest absolute Gasteiger partial charge is 0.259 e. The molecule has 0 radical (unpaired) electrons. The maximum atomic E-state index is 13.9. The average Bonchev–Trinajstić information content (AvgIpc) is 2.56. The molecule has 0 aliphatic carbocycles. The average molecular weight is 374 g/mol. The Hall–Kier alpha value is -2.73. The number of rotatable bonds is 4. The number of pyridine rings is 3. The van der Waals surface area contributed by atoms with Crippen LogP contribution in [0.25, 0.3) is 5.69 Å². The fraction of sp³-hybridized carbons (Fsp3) is 0.211. The molecule has 5 nitrogen and oxygen atoms in total. The minimum atomic E-state index is -0.433. The van der Waals surface area contributed by atoms with E-state index in [4.69, 9.17) is 16.3 Å². The molecule has 0 spiro atoms. The Morgan fingerprint density at radius 1 is 1.12 bits per heavy atom. The van der Waals surface area contributed by atoms with Gasteiger partial charge >= 0.3 is 0 Å². The summed E-state index contributed by atoms with van der Waals surface area (Å²) in [7, 11) is 0. The highest BCUT2D eigenvalue weighted by Gasteiger charge is 2.11. The molecule has 0 aliphatic heterocycles. The zero-order chi connectivity index (χ0) is 18.8. The molecule has 3 rings (SSSR count). The molecule has 3 heterocycles. The van der Waals surface area contributed by atoms with Crippen molar-refractivity contribution in [1.29, 1.82) is 0 Å². The van der Waals surface area contributed by atoms with E-state index in [2.05, 4.69) is 9.97 Å². The van der Waals surface area contributed by atoms with Gasteiger partial charge in [0.2, 0.25) is 0 Å². The topological polar surface area (TPSA) is 57.0 Å². The summed E-state index contributed by atoms with van der Waals surface area (Å²) >= 11 is 5.95. The molecule has 0 aliphatic rings. The normalized spacial score (nSPS) is 10.8. The van der Waals surface area contributed by atoms with Crippen molar-refractivity contribution < 1.29 is 9.13 Å². The predicted octanol–water partition coefficient (Wildman–Crippen LogP) is 3.92. The van der Waals surface area contributed by atoms with Crippen LogP contribution >= 0.6 is 11.6 Å². The molecule has 134 valence electrons. The Labute approximate surface area is 155 Å². The van der Waals surface area contributed by atoms with Gasteiger partial charge in [0.25, 0.3) is 5.56 Å². The molecule has 0 N–H and O–H groups in total. The van der Waals surface area contributed by atoms with Gasteiger partial charge in [-0.3, -0.25) is 14.3 Å². The van der Waals surface area contributed by atoms with E-state index in [9.17, 15) is 9.18 Å². The molecule has 3 aromatic heterocycles. The molecule has 26 heavy (non-hydrogen) atoms. The van der Waals surface area contributed by atoms with Gasteiger partial charge in [0, 0.05) is 30.2 Å². The molecule has 0 amide bonds. The maximum Gasteiger partial charge on any atom is 0.259 e. The number of hydrogen-bond donors (Lipinski definition) is 0. The number of aromatic nitrogens is 3. The number of aryl methyl sites for hydroxylation is 3. The van der Waals surface area contributed by atoms with Crippen molar-refractivity contribution in [2.45, 2.75) is 27.4 Å². The highest BCUT2D eigenvalue weighted by atomic mass is 35.5. The van der Waals surface area contributed by atoms with Gasteiger partial charge in [0.05, 0.1) is 5.69 Å². The molecule has 0 fully saturated rings. The Kier molecular flexibility index (Phi) is 5.04. The summed E-state index contributed by atoms with van der Waals surface area (Å²) < 4.78 is 20.9. The standard InChI is InChI=1S/C19H17ClFN3O2/c1-11-4-15(21)16(22-8-11)10-26-14-5-13(3)24(19(25)6-14)17-7-18(20)23-9-12(17)2/h4-9H,10H2,1-3H3. The number of nitrogens with zero attached hydrogens (tertiary/aromatic N) is 3. The van der Waals surface area contributed by atoms with Crippen LogP contribution in [0.15, 0.2) is 41.5 Å². The third kappa shape index (κ3) is 3.75. The van der Waals surface area contributed by atoms with Gasteiger partial charge in [-0.15, -0.1) is 0 Å². The maximum absolute atomic E-state index is 13.9. The van der Waals surface area contributed by atoms with Crippen LogP contribution in [-0.2, 0) is 6.61 Å². The van der Waals surface area contributed by atoms with Gasteiger partial charge in [-0.25, -0.2) is 9.37 Å². The summed E-state index contributed by atoms with van der Waals surface area (Å²) in [4.78, 5) is 20.6. The Bertz CT molecular complexity index is 1030. The first-order valence-corrected chi connectivity index (χ1v) is 8.33. The van der Waals surface area contributed by atoms with Crippen molar-refractivity contribution in [3.63, 3.8) is 0 Å². The monoisotopic (exact) mass is 373 g/mol. The van der Waals surface area contributed by atoms with E-state index in [1.165, 1.54) is 16.7 Å². The molecule has 7 heteroatoms. The molecule has 0 unspecified atom stereocenters. The van der Waals surface area contributed by atoms with Crippen LogP contribution in [-0.4, -0.2) is 14.5 Å². The fourth-order valence-electron chi connectivity index (χ4n) is 2.61. The second-order valence-corrected chi connectivity index (χ2v) is 6.42. The van der Waals surface area contributed by atoms with Crippen LogP contribution in [0.4, 0.5) is 4.39 Å². The minimum Gasteiger partial charge on any atom is -0.487 e. The second kappa shape index (κ2) is 7.25. The van der Waals surface area contributed by atoms with Crippen LogP contribution < -0.4 is 10.3 Å². The quantitative estimate of drug-likeness (QED) is 0.650. The number of halogens is 2. The van der Waals surface area contributed by atoms with E-state index >= 15 is 0 Å². The lowest BCUT2D eigenvalue weighted by atomic mass is 10.2. The van der Waals surface area contributed by atoms with E-state index in [-0.39, 0.29) is 17.9 Å². The summed E-state index contributed by atoms with van der Waals surface area (Å²) in [5.41, 5.74) is 2.78. The van der Waals surface area contributed by atoms with E-state index in [0.717, 1.165) is 11.1 Å². The molecule has 3 aromatic rings.